The first-order valence-corrected chi connectivity index (χ1v) is 9.32. The van der Waals surface area contributed by atoms with Crippen LogP contribution in [0.4, 0.5) is 0 Å². The molecule has 2 heterocycles. The summed E-state index contributed by atoms with van der Waals surface area (Å²) >= 11 is 1.99. The third-order valence-electron chi connectivity index (χ3n) is 4.95. The van der Waals surface area contributed by atoms with Crippen molar-refractivity contribution in [1.29, 1.82) is 0 Å². The molecular weight excluding hydrogens is 266 g/mol. The summed E-state index contributed by atoms with van der Waals surface area (Å²) in [6.45, 7) is 12.8. The summed E-state index contributed by atoms with van der Waals surface area (Å²) in [5, 5.41) is 5.54. The zero-order chi connectivity index (χ0) is 14.4. The third kappa shape index (κ3) is 4.39. The van der Waals surface area contributed by atoms with Crippen LogP contribution < -0.4 is 5.32 Å². The molecule has 1 fully saturated rings. The summed E-state index contributed by atoms with van der Waals surface area (Å²) in [5.41, 5.74) is 0. The van der Waals surface area contributed by atoms with Crippen LogP contribution in [0.15, 0.2) is 4.99 Å². The summed E-state index contributed by atoms with van der Waals surface area (Å²) in [4.78, 5) is 7.26. The molecule has 1 saturated heterocycles. The molecular formula is C16H31N3S. The summed E-state index contributed by atoms with van der Waals surface area (Å²) in [5.74, 6) is 1.67. The van der Waals surface area contributed by atoms with Crippen LogP contribution in [0, 0.1) is 11.8 Å². The number of nitrogens with one attached hydrogen (secondary N) is 1. The Morgan fingerprint density at radius 1 is 1.25 bits per heavy atom. The van der Waals surface area contributed by atoms with Crippen LogP contribution in [0.3, 0.4) is 0 Å². The van der Waals surface area contributed by atoms with Crippen LogP contribution >= 0.6 is 11.8 Å². The van der Waals surface area contributed by atoms with Crippen LogP contribution in [-0.2, 0) is 0 Å². The van der Waals surface area contributed by atoms with Gasteiger partial charge in [-0.1, -0.05) is 45.4 Å². The monoisotopic (exact) mass is 297 g/mol. The Kier molecular flexibility index (Phi) is 6.69. The maximum absolute atomic E-state index is 4.71. The molecule has 1 atom stereocenters. The first kappa shape index (κ1) is 16.2. The fourth-order valence-corrected chi connectivity index (χ4v) is 4.62. The van der Waals surface area contributed by atoms with E-state index in [1.165, 1.54) is 50.5 Å². The minimum Gasteiger partial charge on any atom is -0.365 e. The van der Waals surface area contributed by atoms with E-state index in [1.807, 2.05) is 11.8 Å². The van der Waals surface area contributed by atoms with Gasteiger partial charge in [-0.3, -0.25) is 4.99 Å². The van der Waals surface area contributed by atoms with Gasteiger partial charge in [-0.2, -0.15) is 0 Å². The molecule has 4 heteroatoms. The Bertz CT molecular complexity index is 307. The van der Waals surface area contributed by atoms with Crippen molar-refractivity contribution in [1.82, 2.24) is 10.2 Å². The van der Waals surface area contributed by atoms with Gasteiger partial charge in [-0.25, -0.2) is 0 Å². The number of amidine groups is 1. The van der Waals surface area contributed by atoms with E-state index in [0.717, 1.165) is 30.2 Å². The van der Waals surface area contributed by atoms with Crippen molar-refractivity contribution >= 4 is 16.9 Å². The Balaban J connectivity index is 1.66. The highest BCUT2D eigenvalue weighted by atomic mass is 32.2. The van der Waals surface area contributed by atoms with Crippen LogP contribution in [0.2, 0.25) is 0 Å². The van der Waals surface area contributed by atoms with E-state index in [1.54, 1.807) is 0 Å². The van der Waals surface area contributed by atoms with E-state index in [9.17, 15) is 0 Å². The molecule has 3 nitrogen and oxygen atoms in total. The molecule has 0 aromatic carbocycles. The first-order valence-electron chi connectivity index (χ1n) is 8.44. The van der Waals surface area contributed by atoms with Gasteiger partial charge >= 0.3 is 0 Å². The van der Waals surface area contributed by atoms with Crippen molar-refractivity contribution in [3.8, 4) is 0 Å². The van der Waals surface area contributed by atoms with Gasteiger partial charge in [0, 0.05) is 11.8 Å². The minimum absolute atomic E-state index is 0.717. The van der Waals surface area contributed by atoms with Gasteiger partial charge in [-0.05, 0) is 44.3 Å². The largest absolute Gasteiger partial charge is 0.365 e. The molecule has 0 aliphatic carbocycles. The zero-order valence-corrected chi connectivity index (χ0v) is 14.2. The second kappa shape index (κ2) is 8.28. The molecule has 1 N–H and O–H groups in total. The van der Waals surface area contributed by atoms with Crippen LogP contribution in [0.1, 0.15) is 46.5 Å². The van der Waals surface area contributed by atoms with Crippen molar-refractivity contribution in [2.75, 3.05) is 32.7 Å². The van der Waals surface area contributed by atoms with Crippen molar-refractivity contribution in [2.45, 2.75) is 51.7 Å². The summed E-state index contributed by atoms with van der Waals surface area (Å²) < 4.78 is 0. The van der Waals surface area contributed by atoms with E-state index < -0.39 is 0 Å². The lowest BCUT2D eigenvalue weighted by atomic mass is 9.97. The van der Waals surface area contributed by atoms with Gasteiger partial charge in [0.15, 0.2) is 5.17 Å². The lowest BCUT2D eigenvalue weighted by molar-refractivity contribution is 0.193. The second-order valence-corrected chi connectivity index (χ2v) is 7.37. The highest BCUT2D eigenvalue weighted by Crippen LogP contribution is 2.30. The maximum atomic E-state index is 4.71. The summed E-state index contributed by atoms with van der Waals surface area (Å²) in [6, 6.07) is 0. The lowest BCUT2D eigenvalue weighted by Crippen LogP contribution is -2.37. The van der Waals surface area contributed by atoms with Gasteiger partial charge in [-0.15, -0.1) is 0 Å². The molecule has 0 aromatic heterocycles. The van der Waals surface area contributed by atoms with Gasteiger partial charge in [0.1, 0.15) is 0 Å². The van der Waals surface area contributed by atoms with E-state index in [2.05, 4.69) is 31.0 Å². The average molecular weight is 298 g/mol. The molecule has 2 aliphatic rings. The van der Waals surface area contributed by atoms with E-state index >= 15 is 0 Å². The molecule has 0 amide bonds. The molecule has 116 valence electrons. The standard InChI is InChI=1S/C16H31N3S/c1-4-14(5-2)15-12-18-16(20-15)17-11-13-7-9-19(6-3)10-8-13/h13-15H,4-12H2,1-3H3,(H,17,18). The molecule has 20 heavy (non-hydrogen) atoms. The highest BCUT2D eigenvalue weighted by Gasteiger charge is 2.26. The van der Waals surface area contributed by atoms with Gasteiger partial charge in [0.25, 0.3) is 0 Å². The van der Waals surface area contributed by atoms with E-state index in [4.69, 9.17) is 4.99 Å². The van der Waals surface area contributed by atoms with Crippen LogP contribution in [0.25, 0.3) is 0 Å². The first-order chi connectivity index (χ1) is 9.76. The summed E-state index contributed by atoms with van der Waals surface area (Å²) in [6.07, 6.45) is 5.25. The normalized spacial score (nSPS) is 25.2. The molecule has 0 saturated carbocycles. The highest BCUT2D eigenvalue weighted by molar-refractivity contribution is 8.14. The predicted molar refractivity (Wildman–Crippen MR) is 90.6 cm³/mol. The Labute approximate surface area is 129 Å². The number of hydrogen-bond acceptors (Lipinski definition) is 4. The van der Waals surface area contributed by atoms with Gasteiger partial charge in [0.2, 0.25) is 0 Å². The third-order valence-corrected chi connectivity index (χ3v) is 6.28. The fourth-order valence-electron chi connectivity index (χ4n) is 3.29. The molecule has 0 radical (unpaired) electrons. The number of likely N-dealkylation sites (tertiary alicyclic amines) is 1. The Morgan fingerprint density at radius 2 is 1.95 bits per heavy atom. The SMILES string of the molecule is CCC(CC)C1CN=C(NCC2CCN(CC)CC2)S1. The summed E-state index contributed by atoms with van der Waals surface area (Å²) in [7, 11) is 0. The molecule has 0 spiro atoms. The maximum Gasteiger partial charge on any atom is 0.156 e. The fraction of sp³-hybridized carbons (Fsp3) is 0.938. The van der Waals surface area contributed by atoms with Gasteiger partial charge in [0.05, 0.1) is 6.54 Å². The smallest absolute Gasteiger partial charge is 0.156 e. The molecule has 0 aromatic rings. The Hall–Kier alpha value is -0.220. The zero-order valence-electron chi connectivity index (χ0n) is 13.4. The Morgan fingerprint density at radius 3 is 2.55 bits per heavy atom. The molecule has 2 aliphatic heterocycles. The number of aliphatic imine (C=N–C) groups is 1. The van der Waals surface area contributed by atoms with Gasteiger partial charge < -0.3 is 10.2 Å². The molecule has 0 bridgehead atoms. The number of thioether (sulfide) groups is 1. The molecule has 1 unspecified atom stereocenters. The van der Waals surface area contributed by atoms with Crippen LogP contribution in [-0.4, -0.2) is 48.0 Å². The number of hydrogen-bond donors (Lipinski definition) is 1. The number of nitrogens with zero attached hydrogens (tertiary/aromatic N) is 2. The van der Waals surface area contributed by atoms with E-state index in [0.29, 0.717) is 0 Å². The van der Waals surface area contributed by atoms with Crippen molar-refractivity contribution in [3.05, 3.63) is 0 Å². The van der Waals surface area contributed by atoms with Crippen molar-refractivity contribution in [3.63, 3.8) is 0 Å². The molecule has 2 rings (SSSR count). The van der Waals surface area contributed by atoms with E-state index in [-0.39, 0.29) is 0 Å². The minimum atomic E-state index is 0.717. The van der Waals surface area contributed by atoms with Crippen molar-refractivity contribution in [2.24, 2.45) is 16.8 Å². The predicted octanol–water partition coefficient (Wildman–Crippen LogP) is 3.22. The lowest BCUT2D eigenvalue weighted by Gasteiger charge is -2.31. The average Bonchev–Trinajstić information content (AvgIpc) is 2.96. The number of rotatable bonds is 6. The van der Waals surface area contributed by atoms with Crippen molar-refractivity contribution < 1.29 is 0 Å². The topological polar surface area (TPSA) is 27.6 Å². The quantitative estimate of drug-likeness (QED) is 0.816. The number of piperidine rings is 1. The van der Waals surface area contributed by atoms with Crippen LogP contribution in [0.5, 0.6) is 0 Å². The second-order valence-electron chi connectivity index (χ2n) is 6.14.